The number of amides is 4. The van der Waals surface area contributed by atoms with Gasteiger partial charge in [0, 0.05) is 72.4 Å². The summed E-state index contributed by atoms with van der Waals surface area (Å²) in [5.74, 6) is -1.77. The fraction of sp³-hybridized carbons (Fsp3) is 0.286. The summed E-state index contributed by atoms with van der Waals surface area (Å²) in [5.41, 5.74) is 9.54. The molecule has 10 N–H and O–H groups in total. The number of nitrogens with zero attached hydrogens (tertiary/aromatic N) is 1. The van der Waals surface area contributed by atoms with Crippen molar-refractivity contribution in [1.29, 1.82) is 0 Å². The van der Waals surface area contributed by atoms with Gasteiger partial charge in [-0.3, -0.25) is 24.2 Å². The Balaban J connectivity index is 1.22. The predicted molar refractivity (Wildman–Crippen MR) is 183 cm³/mol. The van der Waals surface area contributed by atoms with Crippen LogP contribution in [0.2, 0.25) is 0 Å². The lowest BCUT2D eigenvalue weighted by molar-refractivity contribution is -0.131. The molecular weight excluding hydrogens is 628 g/mol. The molecule has 5 rings (SSSR count). The van der Waals surface area contributed by atoms with Crippen LogP contribution >= 0.6 is 0 Å². The summed E-state index contributed by atoms with van der Waals surface area (Å²) in [5, 5.41) is 32.3. The number of carbonyl (C=O) groups is 4. The summed E-state index contributed by atoms with van der Waals surface area (Å²) in [7, 11) is 0. The van der Waals surface area contributed by atoms with Crippen molar-refractivity contribution in [3.05, 3.63) is 90.0 Å². The number of hydrogen-bond donors (Lipinski definition) is 9. The number of fused-ring (bicyclic) bond motifs is 2. The van der Waals surface area contributed by atoms with Gasteiger partial charge in [0.25, 0.3) is 0 Å². The molecule has 2 atom stereocenters. The average Bonchev–Trinajstić information content (AvgIpc) is 3.68. The van der Waals surface area contributed by atoms with Crippen molar-refractivity contribution in [2.75, 3.05) is 19.6 Å². The van der Waals surface area contributed by atoms with E-state index in [1.54, 1.807) is 67.1 Å². The number of H-pyrrole nitrogens is 2. The van der Waals surface area contributed by atoms with Crippen molar-refractivity contribution in [3.63, 3.8) is 0 Å². The average molecular weight is 669 g/mol. The Morgan fingerprint density at radius 1 is 0.755 bits per heavy atom. The van der Waals surface area contributed by atoms with Crippen molar-refractivity contribution < 1.29 is 29.4 Å². The zero-order valence-corrected chi connectivity index (χ0v) is 26.8. The number of rotatable bonds is 16. The number of carbonyl (C=O) groups excluding carboxylic acids is 4. The third-order valence-electron chi connectivity index (χ3n) is 8.14. The van der Waals surface area contributed by atoms with E-state index in [0.717, 1.165) is 27.5 Å². The molecule has 0 fully saturated rings. The van der Waals surface area contributed by atoms with Crippen LogP contribution in [-0.2, 0) is 38.4 Å². The number of aromatic hydroxyl groups is 2. The van der Waals surface area contributed by atoms with Crippen molar-refractivity contribution in [3.8, 4) is 11.5 Å². The monoisotopic (exact) mass is 668 g/mol. The Kier molecular flexibility index (Phi) is 11.4. The summed E-state index contributed by atoms with van der Waals surface area (Å²) < 4.78 is 0. The van der Waals surface area contributed by atoms with E-state index >= 15 is 0 Å². The molecule has 0 saturated carbocycles. The Labute approximate surface area is 281 Å². The smallest absolute Gasteiger partial charge is 0.243 e. The topological polar surface area (TPSA) is 227 Å². The summed E-state index contributed by atoms with van der Waals surface area (Å²) >= 11 is 0. The number of aromatic nitrogens is 3. The third-order valence-corrected chi connectivity index (χ3v) is 8.14. The van der Waals surface area contributed by atoms with Gasteiger partial charge in [-0.1, -0.05) is 0 Å². The van der Waals surface area contributed by atoms with E-state index in [4.69, 9.17) is 5.73 Å². The first kappa shape index (κ1) is 34.4. The number of pyridine rings is 1. The Morgan fingerprint density at radius 3 is 2.02 bits per heavy atom. The van der Waals surface area contributed by atoms with Gasteiger partial charge in [0.1, 0.15) is 23.6 Å². The van der Waals surface area contributed by atoms with Crippen LogP contribution in [0, 0.1) is 0 Å². The molecule has 1 unspecified atom stereocenters. The highest BCUT2D eigenvalue weighted by Crippen LogP contribution is 2.25. The second kappa shape index (κ2) is 16.3. The Morgan fingerprint density at radius 2 is 1.35 bits per heavy atom. The molecule has 256 valence electrons. The molecule has 5 aromatic rings. The molecule has 4 amide bonds. The Hall–Kier alpha value is -5.89. The van der Waals surface area contributed by atoms with Gasteiger partial charge in [0.05, 0.1) is 6.54 Å². The SMILES string of the molecule is NCCCC(=O)NC(Cc1c[nH]c2ccc(O)cc12)C(=O)NCC(=O)N[C@@H](Cc1ccncc1)C(=O)NCCc1c[nH]c2ccc(O)cc12. The normalized spacial score (nSPS) is 12.3. The van der Waals surface area contributed by atoms with Crippen LogP contribution < -0.4 is 27.0 Å². The van der Waals surface area contributed by atoms with Gasteiger partial charge in [-0.25, -0.2) is 0 Å². The summed E-state index contributed by atoms with van der Waals surface area (Å²) in [6.45, 7) is 0.147. The van der Waals surface area contributed by atoms with Gasteiger partial charge in [-0.2, -0.15) is 0 Å². The highest BCUT2D eigenvalue weighted by molar-refractivity contribution is 5.93. The minimum Gasteiger partial charge on any atom is -0.508 e. The van der Waals surface area contributed by atoms with E-state index in [1.165, 1.54) is 0 Å². The molecular formula is C35H40N8O6. The maximum atomic E-state index is 13.4. The van der Waals surface area contributed by atoms with E-state index in [-0.39, 0.29) is 43.2 Å². The van der Waals surface area contributed by atoms with Crippen LogP contribution in [0.25, 0.3) is 21.8 Å². The number of phenols is 2. The quantitative estimate of drug-likeness (QED) is 0.0745. The Bertz CT molecular complexity index is 1920. The molecule has 0 radical (unpaired) electrons. The lowest BCUT2D eigenvalue weighted by atomic mass is 10.0. The van der Waals surface area contributed by atoms with E-state index in [9.17, 15) is 29.4 Å². The van der Waals surface area contributed by atoms with E-state index in [2.05, 4.69) is 36.2 Å². The van der Waals surface area contributed by atoms with Gasteiger partial charge in [-0.15, -0.1) is 0 Å². The molecule has 2 aromatic carbocycles. The molecule has 14 nitrogen and oxygen atoms in total. The van der Waals surface area contributed by atoms with Crippen LogP contribution in [0.3, 0.4) is 0 Å². The van der Waals surface area contributed by atoms with Crippen molar-refractivity contribution in [2.24, 2.45) is 5.73 Å². The van der Waals surface area contributed by atoms with Crippen molar-refractivity contribution in [1.82, 2.24) is 36.2 Å². The second-order valence-corrected chi connectivity index (χ2v) is 11.7. The van der Waals surface area contributed by atoms with E-state index in [0.29, 0.717) is 30.3 Å². The number of phenolic OH excluding ortho intramolecular Hbond substituents is 2. The number of hydrogen-bond acceptors (Lipinski definition) is 8. The first-order valence-electron chi connectivity index (χ1n) is 16.0. The minimum absolute atomic E-state index is 0.0570. The predicted octanol–water partition coefficient (Wildman–Crippen LogP) is 1.42. The van der Waals surface area contributed by atoms with E-state index < -0.39 is 36.3 Å². The lowest BCUT2D eigenvalue weighted by Crippen LogP contribution is -2.53. The highest BCUT2D eigenvalue weighted by atomic mass is 16.3. The molecule has 0 aliphatic rings. The fourth-order valence-electron chi connectivity index (χ4n) is 5.61. The molecule has 0 aliphatic carbocycles. The standard InChI is InChI=1S/C35H40N8O6/c36-10-1-2-32(46)42-31(15-23-19-40-29-6-4-25(45)17-27(23)29)35(49)41-20-33(47)43-30(14-21-7-11-37-12-8-21)34(48)38-13-9-22-18-39-28-5-3-24(44)16-26(22)28/h3-8,11-12,16-19,30-31,39-40,44-45H,1-2,9-10,13-15,20,36H2,(H,38,48)(H,41,49)(H,42,46)(H,43,47)/t30-,31?/m0/s1. The van der Waals surface area contributed by atoms with Crippen LogP contribution in [-0.4, -0.2) is 80.5 Å². The third kappa shape index (κ3) is 9.35. The maximum absolute atomic E-state index is 13.4. The number of nitrogens with one attached hydrogen (secondary N) is 6. The zero-order valence-electron chi connectivity index (χ0n) is 26.8. The highest BCUT2D eigenvalue weighted by Gasteiger charge is 2.25. The molecule has 14 heteroatoms. The number of nitrogens with two attached hydrogens (primary N) is 1. The van der Waals surface area contributed by atoms with Crippen LogP contribution in [0.15, 0.2) is 73.3 Å². The molecule has 0 aliphatic heterocycles. The van der Waals surface area contributed by atoms with Gasteiger partial charge >= 0.3 is 0 Å². The second-order valence-electron chi connectivity index (χ2n) is 11.7. The molecule has 0 spiro atoms. The molecule has 3 heterocycles. The summed E-state index contributed by atoms with van der Waals surface area (Å²) in [6, 6.07) is 11.4. The van der Waals surface area contributed by atoms with Gasteiger partial charge < -0.3 is 47.2 Å². The van der Waals surface area contributed by atoms with E-state index in [1.807, 2.05) is 6.20 Å². The van der Waals surface area contributed by atoms with Crippen molar-refractivity contribution >= 4 is 45.4 Å². The van der Waals surface area contributed by atoms with Crippen LogP contribution in [0.1, 0.15) is 29.5 Å². The molecule has 49 heavy (non-hydrogen) atoms. The zero-order chi connectivity index (χ0) is 34.8. The van der Waals surface area contributed by atoms with Crippen LogP contribution in [0.4, 0.5) is 0 Å². The first-order chi connectivity index (χ1) is 23.7. The minimum atomic E-state index is -1.03. The van der Waals surface area contributed by atoms with Gasteiger partial charge in [0.15, 0.2) is 0 Å². The fourth-order valence-corrected chi connectivity index (χ4v) is 5.61. The van der Waals surface area contributed by atoms with Crippen molar-refractivity contribution in [2.45, 2.75) is 44.2 Å². The molecule has 0 bridgehead atoms. The lowest BCUT2D eigenvalue weighted by Gasteiger charge is -2.21. The number of aromatic amines is 2. The molecule has 3 aromatic heterocycles. The molecule has 0 saturated heterocycles. The summed E-state index contributed by atoms with van der Waals surface area (Å²) in [6.07, 6.45) is 8.04. The van der Waals surface area contributed by atoms with Gasteiger partial charge in [0.2, 0.25) is 23.6 Å². The van der Waals surface area contributed by atoms with Gasteiger partial charge in [-0.05, 0) is 84.6 Å². The first-order valence-corrected chi connectivity index (χ1v) is 16.0. The van der Waals surface area contributed by atoms with Crippen LogP contribution in [0.5, 0.6) is 11.5 Å². The largest absolute Gasteiger partial charge is 0.508 e. The number of benzene rings is 2. The maximum Gasteiger partial charge on any atom is 0.243 e. The summed E-state index contributed by atoms with van der Waals surface area (Å²) in [4.78, 5) is 62.7.